The molecule has 0 radical (unpaired) electrons. The lowest BCUT2D eigenvalue weighted by Gasteiger charge is -2.19. The number of anilines is 1. The number of sulfonamides is 1. The number of methoxy groups -OCH3 is 1. The van der Waals surface area contributed by atoms with Gasteiger partial charge in [-0.15, -0.1) is 0 Å². The van der Waals surface area contributed by atoms with E-state index < -0.39 is 10.0 Å². The Morgan fingerprint density at radius 1 is 1.39 bits per heavy atom. The summed E-state index contributed by atoms with van der Waals surface area (Å²) in [6.07, 6.45) is 2.37. The van der Waals surface area contributed by atoms with Gasteiger partial charge in [-0.25, -0.2) is 8.42 Å². The fourth-order valence-corrected chi connectivity index (χ4v) is 3.92. The van der Waals surface area contributed by atoms with Gasteiger partial charge in [-0.2, -0.15) is 0 Å². The van der Waals surface area contributed by atoms with Gasteiger partial charge in [-0.05, 0) is 36.6 Å². The third kappa shape index (κ3) is 2.46. The molecule has 100 valence electrons. The third-order valence-electron chi connectivity index (χ3n) is 3.23. The molecule has 2 rings (SSSR count). The summed E-state index contributed by atoms with van der Waals surface area (Å²) in [5, 5.41) is 0. The van der Waals surface area contributed by atoms with Crippen LogP contribution in [0.3, 0.4) is 0 Å². The molecule has 0 spiro atoms. The molecular weight excluding hydrogens is 250 g/mol. The zero-order valence-electron chi connectivity index (χ0n) is 10.8. The molecule has 0 atom stereocenters. The molecule has 1 aromatic carbocycles. The minimum Gasteiger partial charge on any atom is -0.497 e. The first kappa shape index (κ1) is 13.2. The number of nitrogens with zero attached hydrogens (tertiary/aromatic N) is 1. The first-order valence-electron chi connectivity index (χ1n) is 6.26. The van der Waals surface area contributed by atoms with Crippen LogP contribution in [0.15, 0.2) is 18.2 Å². The van der Waals surface area contributed by atoms with E-state index in [-0.39, 0.29) is 5.75 Å². The fraction of sp³-hybridized carbons (Fsp3) is 0.538. The standard InChI is InChI=1S/C13H19NO3S/c1-3-4-9-18(15,16)14-8-7-11-10-12(17-2)5-6-13(11)14/h5-6,10H,3-4,7-9H2,1-2H3. The van der Waals surface area contributed by atoms with E-state index in [0.29, 0.717) is 13.0 Å². The minimum absolute atomic E-state index is 0.231. The summed E-state index contributed by atoms with van der Waals surface area (Å²) in [4.78, 5) is 0. The highest BCUT2D eigenvalue weighted by atomic mass is 32.2. The maximum atomic E-state index is 12.2. The average molecular weight is 269 g/mol. The van der Waals surface area contributed by atoms with Crippen LogP contribution in [0.25, 0.3) is 0 Å². The number of ether oxygens (including phenoxy) is 1. The molecule has 1 aromatic rings. The van der Waals surface area contributed by atoms with Crippen molar-refractivity contribution in [3.63, 3.8) is 0 Å². The second kappa shape index (κ2) is 5.18. The predicted octanol–water partition coefficient (Wildman–Crippen LogP) is 2.19. The number of hydrogen-bond donors (Lipinski definition) is 0. The Morgan fingerprint density at radius 2 is 2.17 bits per heavy atom. The monoisotopic (exact) mass is 269 g/mol. The Labute approximate surface area is 109 Å². The van der Waals surface area contributed by atoms with Gasteiger partial charge in [0.1, 0.15) is 5.75 Å². The number of hydrogen-bond acceptors (Lipinski definition) is 3. The summed E-state index contributed by atoms with van der Waals surface area (Å²) in [5.41, 5.74) is 1.86. The van der Waals surface area contributed by atoms with Crippen molar-refractivity contribution >= 4 is 15.7 Å². The topological polar surface area (TPSA) is 46.6 Å². The zero-order chi connectivity index (χ0) is 13.2. The maximum Gasteiger partial charge on any atom is 0.235 e. The molecular formula is C13H19NO3S. The van der Waals surface area contributed by atoms with Crippen LogP contribution in [-0.4, -0.2) is 27.8 Å². The van der Waals surface area contributed by atoms with Crippen molar-refractivity contribution in [2.75, 3.05) is 23.7 Å². The van der Waals surface area contributed by atoms with Crippen molar-refractivity contribution < 1.29 is 13.2 Å². The summed E-state index contributed by atoms with van der Waals surface area (Å²) >= 11 is 0. The van der Waals surface area contributed by atoms with Gasteiger partial charge in [-0.3, -0.25) is 4.31 Å². The highest BCUT2D eigenvalue weighted by Crippen LogP contribution is 2.33. The van der Waals surface area contributed by atoms with E-state index in [4.69, 9.17) is 4.74 Å². The average Bonchev–Trinajstić information content (AvgIpc) is 2.79. The molecule has 1 aliphatic rings. The molecule has 0 N–H and O–H groups in total. The van der Waals surface area contributed by atoms with Gasteiger partial charge in [0.15, 0.2) is 0 Å². The maximum absolute atomic E-state index is 12.2. The number of fused-ring (bicyclic) bond motifs is 1. The van der Waals surface area contributed by atoms with Crippen molar-refractivity contribution in [2.24, 2.45) is 0 Å². The second-order valence-electron chi connectivity index (χ2n) is 4.49. The van der Waals surface area contributed by atoms with Gasteiger partial charge in [-0.1, -0.05) is 13.3 Å². The lowest BCUT2D eigenvalue weighted by atomic mass is 10.1. The summed E-state index contributed by atoms with van der Waals surface area (Å²) in [6, 6.07) is 5.57. The van der Waals surface area contributed by atoms with Crippen molar-refractivity contribution in [1.29, 1.82) is 0 Å². The Balaban J connectivity index is 2.26. The van der Waals surface area contributed by atoms with Gasteiger partial charge in [0, 0.05) is 6.54 Å². The highest BCUT2D eigenvalue weighted by molar-refractivity contribution is 7.92. The van der Waals surface area contributed by atoms with Crippen LogP contribution in [0.5, 0.6) is 5.75 Å². The molecule has 18 heavy (non-hydrogen) atoms. The molecule has 4 nitrogen and oxygen atoms in total. The van der Waals surface area contributed by atoms with Gasteiger partial charge < -0.3 is 4.74 Å². The Kier molecular flexibility index (Phi) is 3.80. The van der Waals surface area contributed by atoms with Crippen LogP contribution < -0.4 is 9.04 Å². The quantitative estimate of drug-likeness (QED) is 0.823. The van der Waals surface area contributed by atoms with Gasteiger partial charge >= 0.3 is 0 Å². The van der Waals surface area contributed by atoms with E-state index in [9.17, 15) is 8.42 Å². The van der Waals surface area contributed by atoms with Crippen molar-refractivity contribution in [3.8, 4) is 5.75 Å². The molecule has 0 aliphatic carbocycles. The first-order chi connectivity index (χ1) is 8.58. The SMILES string of the molecule is CCCCS(=O)(=O)N1CCc2cc(OC)ccc21. The van der Waals surface area contributed by atoms with Gasteiger partial charge in [0.2, 0.25) is 10.0 Å². The van der Waals surface area contributed by atoms with Crippen LogP contribution in [0.4, 0.5) is 5.69 Å². The Hall–Kier alpha value is -1.23. The van der Waals surface area contributed by atoms with Gasteiger partial charge in [0.25, 0.3) is 0 Å². The lowest BCUT2D eigenvalue weighted by molar-refractivity contribution is 0.414. The number of benzene rings is 1. The van der Waals surface area contributed by atoms with E-state index in [2.05, 4.69) is 0 Å². The number of rotatable bonds is 5. The summed E-state index contributed by atoms with van der Waals surface area (Å²) < 4.78 is 31.1. The van der Waals surface area contributed by atoms with E-state index in [0.717, 1.165) is 29.8 Å². The smallest absolute Gasteiger partial charge is 0.235 e. The molecule has 1 heterocycles. The van der Waals surface area contributed by atoms with Crippen molar-refractivity contribution in [3.05, 3.63) is 23.8 Å². The molecule has 0 aromatic heterocycles. The van der Waals surface area contributed by atoms with Crippen LogP contribution >= 0.6 is 0 Å². The van der Waals surface area contributed by atoms with E-state index in [1.807, 2.05) is 25.1 Å². The van der Waals surface area contributed by atoms with Gasteiger partial charge in [0.05, 0.1) is 18.6 Å². The molecule has 0 fully saturated rings. The normalized spacial score (nSPS) is 14.7. The largest absolute Gasteiger partial charge is 0.497 e. The van der Waals surface area contributed by atoms with Crippen LogP contribution in [0.1, 0.15) is 25.3 Å². The zero-order valence-corrected chi connectivity index (χ0v) is 11.7. The first-order valence-corrected chi connectivity index (χ1v) is 7.86. The lowest BCUT2D eigenvalue weighted by Crippen LogP contribution is -2.31. The molecule has 0 bridgehead atoms. The molecule has 1 aliphatic heterocycles. The molecule has 0 saturated heterocycles. The fourth-order valence-electron chi connectivity index (χ4n) is 2.20. The predicted molar refractivity (Wildman–Crippen MR) is 72.7 cm³/mol. The summed E-state index contributed by atoms with van der Waals surface area (Å²) in [5.74, 6) is 1.01. The van der Waals surface area contributed by atoms with Crippen molar-refractivity contribution in [1.82, 2.24) is 0 Å². The molecule has 0 amide bonds. The Bertz CT molecular complexity index is 525. The van der Waals surface area contributed by atoms with Crippen LogP contribution in [0, 0.1) is 0 Å². The summed E-state index contributed by atoms with van der Waals surface area (Å²) in [6.45, 7) is 2.55. The van der Waals surface area contributed by atoms with E-state index in [1.54, 1.807) is 7.11 Å². The van der Waals surface area contributed by atoms with Crippen LogP contribution in [0.2, 0.25) is 0 Å². The molecule has 0 unspecified atom stereocenters. The Morgan fingerprint density at radius 3 is 2.83 bits per heavy atom. The second-order valence-corrected chi connectivity index (χ2v) is 6.50. The third-order valence-corrected chi connectivity index (χ3v) is 5.09. The van der Waals surface area contributed by atoms with Crippen molar-refractivity contribution in [2.45, 2.75) is 26.2 Å². The minimum atomic E-state index is -3.16. The number of unbranched alkanes of at least 4 members (excludes halogenated alkanes) is 1. The van der Waals surface area contributed by atoms with Crippen LogP contribution in [-0.2, 0) is 16.4 Å². The highest BCUT2D eigenvalue weighted by Gasteiger charge is 2.28. The summed E-state index contributed by atoms with van der Waals surface area (Å²) in [7, 11) is -1.55. The van der Waals surface area contributed by atoms with E-state index >= 15 is 0 Å². The molecule has 5 heteroatoms. The molecule has 0 saturated carbocycles. The van der Waals surface area contributed by atoms with E-state index in [1.165, 1.54) is 4.31 Å².